The number of carbonyl (C=O) groups is 2. The van der Waals surface area contributed by atoms with E-state index in [1.54, 1.807) is 17.3 Å². The van der Waals surface area contributed by atoms with E-state index in [0.29, 0.717) is 43.9 Å². The summed E-state index contributed by atoms with van der Waals surface area (Å²) in [6.45, 7) is 1.72. The number of hydrogen-bond donors (Lipinski definition) is 0. The van der Waals surface area contributed by atoms with Crippen LogP contribution in [0.5, 0.6) is 0 Å². The Hall–Kier alpha value is -2.74. The summed E-state index contributed by atoms with van der Waals surface area (Å²) in [5, 5.41) is 0. The van der Waals surface area contributed by atoms with Gasteiger partial charge in [0.25, 0.3) is 11.8 Å². The molecule has 4 heterocycles. The van der Waals surface area contributed by atoms with E-state index in [-0.39, 0.29) is 18.4 Å². The lowest BCUT2D eigenvalue weighted by molar-refractivity contribution is -0.143. The molecule has 2 saturated heterocycles. The van der Waals surface area contributed by atoms with Crippen LogP contribution in [0.3, 0.4) is 0 Å². The van der Waals surface area contributed by atoms with Gasteiger partial charge in [0.1, 0.15) is 18.6 Å². The van der Waals surface area contributed by atoms with E-state index in [1.807, 2.05) is 34.8 Å². The number of amides is 2. The topological polar surface area (TPSA) is 80.6 Å². The molecule has 2 aromatic rings. The van der Waals surface area contributed by atoms with Crippen molar-refractivity contribution in [1.29, 1.82) is 0 Å². The Morgan fingerprint density at radius 2 is 1.96 bits per heavy atom. The van der Waals surface area contributed by atoms with Gasteiger partial charge in [-0.15, -0.1) is 0 Å². The van der Waals surface area contributed by atoms with E-state index in [1.165, 1.54) is 6.33 Å². The molecule has 0 bridgehead atoms. The first-order valence-electron chi connectivity index (χ1n) is 8.68. The molecule has 4 rings (SSSR count). The van der Waals surface area contributed by atoms with Gasteiger partial charge in [-0.05, 0) is 25.0 Å². The number of carbonyl (C=O) groups excluding carboxylic acids is 2. The first kappa shape index (κ1) is 16.7. The lowest BCUT2D eigenvalue weighted by Gasteiger charge is -2.46. The van der Waals surface area contributed by atoms with Gasteiger partial charge in [0, 0.05) is 26.3 Å². The highest BCUT2D eigenvalue weighted by Crippen LogP contribution is 2.32. The van der Waals surface area contributed by atoms with Crippen LogP contribution in [0.1, 0.15) is 23.3 Å². The molecule has 0 radical (unpaired) electrons. The van der Waals surface area contributed by atoms with Crippen molar-refractivity contribution in [3.05, 3.63) is 42.7 Å². The van der Waals surface area contributed by atoms with Gasteiger partial charge in [-0.2, -0.15) is 0 Å². The summed E-state index contributed by atoms with van der Waals surface area (Å²) in [5.74, 6) is -0.0553. The second kappa shape index (κ2) is 6.53. The predicted molar refractivity (Wildman–Crippen MR) is 93.6 cm³/mol. The molecule has 0 aliphatic carbocycles. The quantitative estimate of drug-likeness (QED) is 0.798. The number of nitrogens with zero attached hydrogens (tertiary/aromatic N) is 5. The molecule has 2 aromatic heterocycles. The minimum atomic E-state index is -0.422. The van der Waals surface area contributed by atoms with Gasteiger partial charge in [0.2, 0.25) is 0 Å². The summed E-state index contributed by atoms with van der Waals surface area (Å²) in [4.78, 5) is 36.5. The van der Waals surface area contributed by atoms with Crippen molar-refractivity contribution in [2.24, 2.45) is 7.05 Å². The number of aromatic nitrogens is 3. The smallest absolute Gasteiger partial charge is 0.270 e. The minimum Gasteiger partial charge on any atom is -0.363 e. The van der Waals surface area contributed by atoms with Gasteiger partial charge in [0.15, 0.2) is 0 Å². The van der Waals surface area contributed by atoms with E-state index in [4.69, 9.17) is 4.74 Å². The molecule has 1 spiro atoms. The molecule has 2 aliphatic heterocycles. The van der Waals surface area contributed by atoms with Gasteiger partial charge in [-0.3, -0.25) is 9.59 Å². The van der Waals surface area contributed by atoms with Crippen molar-refractivity contribution in [3.8, 4) is 0 Å². The Kier molecular flexibility index (Phi) is 4.20. The van der Waals surface area contributed by atoms with Crippen LogP contribution in [0.15, 0.2) is 37.1 Å². The zero-order valence-electron chi connectivity index (χ0n) is 14.7. The van der Waals surface area contributed by atoms with Crippen molar-refractivity contribution in [3.63, 3.8) is 0 Å². The van der Waals surface area contributed by atoms with E-state index >= 15 is 0 Å². The second-order valence-corrected chi connectivity index (χ2v) is 6.84. The third-order valence-corrected chi connectivity index (χ3v) is 5.23. The number of likely N-dealkylation sites (tertiary alicyclic amines) is 1. The monoisotopic (exact) mass is 355 g/mol. The highest BCUT2D eigenvalue weighted by molar-refractivity contribution is 5.95. The fraction of sp³-hybridized carbons (Fsp3) is 0.444. The van der Waals surface area contributed by atoms with Crippen LogP contribution in [0.25, 0.3) is 0 Å². The van der Waals surface area contributed by atoms with Gasteiger partial charge in [-0.1, -0.05) is 0 Å². The molecule has 2 aliphatic rings. The maximum Gasteiger partial charge on any atom is 0.270 e. The van der Waals surface area contributed by atoms with Gasteiger partial charge >= 0.3 is 0 Å². The Morgan fingerprint density at radius 1 is 1.23 bits per heavy atom. The largest absolute Gasteiger partial charge is 0.363 e. The fourth-order valence-electron chi connectivity index (χ4n) is 3.65. The first-order valence-corrected chi connectivity index (χ1v) is 8.68. The van der Waals surface area contributed by atoms with Crippen molar-refractivity contribution >= 4 is 17.5 Å². The molecule has 2 fully saturated rings. The van der Waals surface area contributed by atoms with E-state index in [2.05, 4.69) is 9.97 Å². The molecule has 0 saturated carbocycles. The summed E-state index contributed by atoms with van der Waals surface area (Å²) in [6, 6.07) is 3.70. The lowest BCUT2D eigenvalue weighted by Crippen LogP contribution is -2.59. The average Bonchev–Trinajstić information content (AvgIpc) is 3.11. The molecule has 0 atom stereocenters. The molecule has 26 heavy (non-hydrogen) atoms. The molecule has 8 heteroatoms. The number of aryl methyl sites for hydroxylation is 1. The number of ether oxygens (including phenoxy) is 1. The van der Waals surface area contributed by atoms with Crippen molar-refractivity contribution in [1.82, 2.24) is 19.4 Å². The second-order valence-electron chi connectivity index (χ2n) is 6.84. The average molecular weight is 355 g/mol. The lowest BCUT2D eigenvalue weighted by atomic mass is 9.89. The molecule has 0 unspecified atom stereocenters. The summed E-state index contributed by atoms with van der Waals surface area (Å²) in [5.41, 5.74) is 0.945. The molecular weight excluding hydrogens is 334 g/mol. The standard InChI is InChI=1S/C18H21N5O3/c1-21-6-2-3-15(21)17(25)22-7-4-18(5-8-22)12-23(16(24)11-26-18)14-9-19-13-20-10-14/h2-3,6,9-10,13H,4-5,7-8,11-12H2,1H3. The van der Waals surface area contributed by atoms with Crippen LogP contribution in [-0.4, -0.2) is 63.1 Å². The Morgan fingerprint density at radius 3 is 2.62 bits per heavy atom. The fourth-order valence-corrected chi connectivity index (χ4v) is 3.65. The molecule has 8 nitrogen and oxygen atoms in total. The molecule has 136 valence electrons. The van der Waals surface area contributed by atoms with Crippen LogP contribution in [-0.2, 0) is 16.6 Å². The number of anilines is 1. The van der Waals surface area contributed by atoms with Gasteiger partial charge in [-0.25, -0.2) is 9.97 Å². The highest BCUT2D eigenvalue weighted by Gasteiger charge is 2.43. The first-order chi connectivity index (χ1) is 12.6. The van der Waals surface area contributed by atoms with Crippen LogP contribution in [0.4, 0.5) is 5.69 Å². The van der Waals surface area contributed by atoms with Crippen LogP contribution >= 0.6 is 0 Å². The van der Waals surface area contributed by atoms with Crippen molar-refractivity contribution in [2.75, 3.05) is 31.1 Å². The van der Waals surface area contributed by atoms with E-state index in [9.17, 15) is 9.59 Å². The van der Waals surface area contributed by atoms with Gasteiger partial charge < -0.3 is 19.1 Å². The Bertz CT molecular complexity index is 811. The van der Waals surface area contributed by atoms with Crippen LogP contribution in [0.2, 0.25) is 0 Å². The Balaban J connectivity index is 1.45. The normalized spacial score (nSPS) is 19.8. The van der Waals surface area contributed by atoms with Crippen LogP contribution in [0, 0.1) is 0 Å². The van der Waals surface area contributed by atoms with E-state index < -0.39 is 5.60 Å². The summed E-state index contributed by atoms with van der Waals surface area (Å²) in [6.07, 6.45) is 7.98. The minimum absolute atomic E-state index is 0.0348. The molecule has 0 aromatic carbocycles. The third kappa shape index (κ3) is 2.96. The summed E-state index contributed by atoms with van der Waals surface area (Å²) in [7, 11) is 1.87. The molecule has 2 amide bonds. The zero-order chi connectivity index (χ0) is 18.1. The van der Waals surface area contributed by atoms with Crippen LogP contribution < -0.4 is 4.90 Å². The third-order valence-electron chi connectivity index (χ3n) is 5.23. The molecule has 0 N–H and O–H groups in total. The van der Waals surface area contributed by atoms with Crippen molar-refractivity contribution < 1.29 is 14.3 Å². The SMILES string of the molecule is Cn1cccc1C(=O)N1CCC2(CC1)CN(c1cncnc1)C(=O)CO2. The molecular formula is C18H21N5O3. The van der Waals surface area contributed by atoms with Gasteiger partial charge in [0.05, 0.1) is 30.2 Å². The van der Waals surface area contributed by atoms with Crippen molar-refractivity contribution in [2.45, 2.75) is 18.4 Å². The highest BCUT2D eigenvalue weighted by atomic mass is 16.5. The summed E-state index contributed by atoms with van der Waals surface area (Å²) >= 11 is 0. The Labute approximate surface area is 151 Å². The maximum atomic E-state index is 12.7. The van der Waals surface area contributed by atoms with E-state index in [0.717, 1.165) is 0 Å². The maximum absolute atomic E-state index is 12.7. The number of rotatable bonds is 2. The number of piperidine rings is 1. The number of morpholine rings is 1. The zero-order valence-corrected chi connectivity index (χ0v) is 14.7. The predicted octanol–water partition coefficient (Wildman–Crippen LogP) is 0.853. The summed E-state index contributed by atoms with van der Waals surface area (Å²) < 4.78 is 7.77. The number of hydrogen-bond acceptors (Lipinski definition) is 5.